The zero-order chi connectivity index (χ0) is 16.1. The molecule has 0 saturated heterocycles. The Bertz CT molecular complexity index is 594. The van der Waals surface area contributed by atoms with Gasteiger partial charge >= 0.3 is 5.91 Å². The molecule has 0 atom stereocenters. The number of nitrogen functional groups attached to an aromatic ring is 1. The first kappa shape index (κ1) is 17.3. The zero-order valence-electron chi connectivity index (χ0n) is 12.0. The average molecular weight is 365 g/mol. The van der Waals surface area contributed by atoms with Crippen molar-refractivity contribution in [3.8, 4) is 0 Å². The summed E-state index contributed by atoms with van der Waals surface area (Å²) in [5.74, 6) is -0.496. The number of hydrogen-bond acceptors (Lipinski definition) is 3. The van der Waals surface area contributed by atoms with Gasteiger partial charge in [0.1, 0.15) is 10.0 Å². The van der Waals surface area contributed by atoms with Crippen LogP contribution in [0.25, 0.3) is 0 Å². The Kier molecular flexibility index (Phi) is 6.29. The molecule has 1 aromatic heterocycles. The number of aromatic nitrogens is 1. The molecule has 1 aliphatic carbocycles. The molecule has 8 heteroatoms. The van der Waals surface area contributed by atoms with Gasteiger partial charge in [-0.1, -0.05) is 42.5 Å². The summed E-state index contributed by atoms with van der Waals surface area (Å²) in [6.45, 7) is 0. The molecule has 0 bridgehead atoms. The number of hydrazone groups is 1. The first-order chi connectivity index (χ1) is 10.5. The Morgan fingerprint density at radius 3 is 2.27 bits per heavy atom. The van der Waals surface area contributed by atoms with E-state index in [1.165, 1.54) is 19.3 Å². The molecule has 4 N–H and O–H groups in total. The van der Waals surface area contributed by atoms with E-state index in [2.05, 4.69) is 15.5 Å². The first-order valence-electron chi connectivity index (χ1n) is 7.21. The maximum atomic E-state index is 12.2. The summed E-state index contributed by atoms with van der Waals surface area (Å²) in [5.41, 5.74) is 9.33. The fraction of sp³-hybridized carbons (Fsp3) is 0.500. The molecule has 1 aromatic rings. The monoisotopic (exact) mass is 363 g/mol. The number of H-pyrrole nitrogens is 1. The van der Waals surface area contributed by atoms with Crippen LogP contribution >= 0.6 is 34.8 Å². The highest BCUT2D eigenvalue weighted by Gasteiger charge is 2.26. The Labute approximate surface area is 144 Å². The largest absolute Gasteiger partial charge is 0.396 e. The first-order valence-corrected chi connectivity index (χ1v) is 8.35. The Balaban J connectivity index is 2.12. The van der Waals surface area contributed by atoms with E-state index in [4.69, 9.17) is 40.5 Å². The molecule has 1 amide bonds. The lowest BCUT2D eigenvalue weighted by Gasteiger charge is -2.10. The van der Waals surface area contributed by atoms with Crippen LogP contribution in [0.2, 0.25) is 15.2 Å². The van der Waals surface area contributed by atoms with Crippen molar-refractivity contribution >= 4 is 52.1 Å². The van der Waals surface area contributed by atoms with Gasteiger partial charge in [-0.05, 0) is 37.3 Å². The predicted molar refractivity (Wildman–Crippen MR) is 89.7 cm³/mol. The van der Waals surface area contributed by atoms with Gasteiger partial charge in [0, 0.05) is 5.71 Å². The summed E-state index contributed by atoms with van der Waals surface area (Å²) in [5, 5.41) is 4.39. The molecule has 22 heavy (non-hydrogen) atoms. The number of hydrogen-bond donors (Lipinski definition) is 2. The van der Waals surface area contributed by atoms with Gasteiger partial charge in [-0.2, -0.15) is 10.1 Å². The van der Waals surface area contributed by atoms with Crippen molar-refractivity contribution < 1.29 is 9.78 Å². The number of nitrogens with zero attached hydrogens (tertiary/aromatic N) is 1. The van der Waals surface area contributed by atoms with Crippen molar-refractivity contribution in [2.45, 2.75) is 44.9 Å². The number of carbonyl (C=O) groups excluding carboxylic acids is 1. The van der Waals surface area contributed by atoms with Crippen LogP contribution < -0.4 is 16.1 Å². The van der Waals surface area contributed by atoms with E-state index in [1.54, 1.807) is 0 Å². The molecule has 0 unspecified atom stereocenters. The van der Waals surface area contributed by atoms with Crippen LogP contribution in [0.1, 0.15) is 55.4 Å². The normalized spacial score (nSPS) is 15.9. The number of carbonyl (C=O) groups is 1. The summed E-state index contributed by atoms with van der Waals surface area (Å²) in [4.78, 5) is 14.8. The number of nitrogens with two attached hydrogens (primary N) is 1. The van der Waals surface area contributed by atoms with E-state index in [1.807, 2.05) is 0 Å². The van der Waals surface area contributed by atoms with Crippen LogP contribution in [-0.4, -0.2) is 11.6 Å². The minimum Gasteiger partial charge on any atom is -0.396 e. The summed E-state index contributed by atoms with van der Waals surface area (Å²) in [6, 6.07) is 0. The second-order valence-electron chi connectivity index (χ2n) is 5.24. The maximum Gasteiger partial charge on any atom is 0.337 e. The second kappa shape index (κ2) is 7.99. The van der Waals surface area contributed by atoms with E-state index >= 15 is 0 Å². The minimum atomic E-state index is -0.496. The molecule has 0 spiro atoms. The molecular weight excluding hydrogens is 347 g/mol. The van der Waals surface area contributed by atoms with Crippen molar-refractivity contribution in [2.75, 3.05) is 5.73 Å². The van der Waals surface area contributed by atoms with E-state index in [-0.39, 0.29) is 26.6 Å². The molecule has 5 nitrogen and oxygen atoms in total. The number of amides is 1. The molecular formula is C14H18Cl3N4O+. The third-order valence-corrected chi connectivity index (χ3v) is 4.76. The highest BCUT2D eigenvalue weighted by molar-refractivity contribution is 6.45. The van der Waals surface area contributed by atoms with Crippen molar-refractivity contribution in [1.29, 1.82) is 0 Å². The molecule has 0 aliphatic heterocycles. The van der Waals surface area contributed by atoms with Gasteiger partial charge in [0.25, 0.3) is 10.8 Å². The smallest absolute Gasteiger partial charge is 0.337 e. The summed E-state index contributed by atoms with van der Waals surface area (Å²) in [6.07, 6.45) is 7.68. The highest BCUT2D eigenvalue weighted by Crippen LogP contribution is 2.31. The SMILES string of the molecule is Nc1c(Cl)c(Cl)[nH+]c(C(=O)NN=C2CCCCCCC2)c1Cl. The zero-order valence-corrected chi connectivity index (χ0v) is 14.3. The lowest BCUT2D eigenvalue weighted by molar-refractivity contribution is -0.379. The van der Waals surface area contributed by atoms with Crippen molar-refractivity contribution in [3.05, 3.63) is 20.9 Å². The topological polar surface area (TPSA) is 81.6 Å². The molecule has 1 aliphatic rings. The van der Waals surface area contributed by atoms with Crippen LogP contribution in [0.15, 0.2) is 5.10 Å². The molecule has 1 saturated carbocycles. The van der Waals surface area contributed by atoms with Gasteiger partial charge in [-0.3, -0.25) is 4.79 Å². The van der Waals surface area contributed by atoms with Gasteiger partial charge < -0.3 is 5.73 Å². The van der Waals surface area contributed by atoms with Crippen LogP contribution in [0.3, 0.4) is 0 Å². The minimum absolute atomic E-state index is 0.0322. The Morgan fingerprint density at radius 1 is 1.05 bits per heavy atom. The van der Waals surface area contributed by atoms with Crippen LogP contribution in [0.4, 0.5) is 5.69 Å². The van der Waals surface area contributed by atoms with Gasteiger partial charge in [0.05, 0.1) is 5.69 Å². The number of nitrogens with one attached hydrogen (secondary N) is 2. The number of aromatic amines is 1. The van der Waals surface area contributed by atoms with Crippen LogP contribution in [0, 0.1) is 0 Å². The van der Waals surface area contributed by atoms with E-state index in [9.17, 15) is 4.79 Å². The maximum absolute atomic E-state index is 12.2. The molecule has 0 aromatic carbocycles. The number of anilines is 1. The third-order valence-electron chi connectivity index (χ3n) is 3.59. The van der Waals surface area contributed by atoms with Gasteiger partial charge in [0.2, 0.25) is 0 Å². The lowest BCUT2D eigenvalue weighted by Crippen LogP contribution is -2.29. The van der Waals surface area contributed by atoms with E-state index < -0.39 is 5.91 Å². The third kappa shape index (κ3) is 4.24. The van der Waals surface area contributed by atoms with Gasteiger partial charge in [-0.25, -0.2) is 5.43 Å². The molecule has 120 valence electrons. The average Bonchev–Trinajstić information content (AvgIpc) is 2.47. The highest BCUT2D eigenvalue weighted by atomic mass is 35.5. The summed E-state index contributed by atoms with van der Waals surface area (Å²) >= 11 is 17.8. The molecule has 1 fully saturated rings. The number of pyridine rings is 1. The van der Waals surface area contributed by atoms with Gasteiger partial charge in [-0.15, -0.1) is 0 Å². The van der Waals surface area contributed by atoms with E-state index in [0.717, 1.165) is 31.4 Å². The standard InChI is InChI=1S/C14H17Cl3N4O/c15-9-11(18)10(16)13(17)19-12(9)14(22)21-20-8-6-4-2-1-3-5-7-8/h1-7H2,(H2,18,19)(H,21,22)/p+1. The predicted octanol–water partition coefficient (Wildman–Crippen LogP) is 3.87. The van der Waals surface area contributed by atoms with Crippen molar-refractivity contribution in [1.82, 2.24) is 5.43 Å². The quantitative estimate of drug-likeness (QED) is 0.617. The number of halogens is 3. The molecule has 1 heterocycles. The molecule has 0 radical (unpaired) electrons. The van der Waals surface area contributed by atoms with Crippen LogP contribution in [-0.2, 0) is 0 Å². The van der Waals surface area contributed by atoms with E-state index in [0.29, 0.717) is 0 Å². The van der Waals surface area contributed by atoms with Gasteiger partial charge in [0.15, 0.2) is 0 Å². The van der Waals surface area contributed by atoms with Crippen molar-refractivity contribution in [2.24, 2.45) is 5.10 Å². The fourth-order valence-corrected chi connectivity index (χ4v) is 2.95. The Hall–Kier alpha value is -1.04. The summed E-state index contributed by atoms with van der Waals surface area (Å²) < 4.78 is 0. The molecule has 2 rings (SSSR count). The van der Waals surface area contributed by atoms with Crippen molar-refractivity contribution in [3.63, 3.8) is 0 Å². The number of rotatable bonds is 2. The Morgan fingerprint density at radius 2 is 1.64 bits per heavy atom. The summed E-state index contributed by atoms with van der Waals surface area (Å²) in [7, 11) is 0. The fourth-order valence-electron chi connectivity index (χ4n) is 2.34. The second-order valence-corrected chi connectivity index (χ2v) is 6.38. The van der Waals surface area contributed by atoms with Crippen LogP contribution in [0.5, 0.6) is 0 Å². The lowest BCUT2D eigenvalue weighted by atomic mass is 9.99.